The van der Waals surface area contributed by atoms with Crippen LogP contribution >= 0.6 is 0 Å². The van der Waals surface area contributed by atoms with Gasteiger partial charge in [0, 0.05) is 68.5 Å². The first-order valence-electron chi connectivity index (χ1n) is 13.4. The molecule has 2 aliphatic heterocycles. The summed E-state index contributed by atoms with van der Waals surface area (Å²) < 4.78 is 35.6. The van der Waals surface area contributed by atoms with Crippen LogP contribution in [0.2, 0.25) is 0 Å². The molecule has 4 heterocycles. The number of benzene rings is 1. The van der Waals surface area contributed by atoms with Gasteiger partial charge < -0.3 is 19.1 Å². The normalized spacial score (nSPS) is 20.3. The van der Waals surface area contributed by atoms with Crippen molar-refractivity contribution in [2.75, 3.05) is 37.7 Å². The predicted molar refractivity (Wildman–Crippen MR) is 138 cm³/mol. The van der Waals surface area contributed by atoms with E-state index in [1.165, 1.54) is 0 Å². The summed E-state index contributed by atoms with van der Waals surface area (Å²) in [5.41, 5.74) is 2.80. The molecule has 1 aliphatic carbocycles. The standard InChI is InChI=1S/C28H33F2N5O2/c1-2-25(36)34-10-11-35-23(18-34)26(32-27(35)19-6-8-28(29,30)9-7-19)21-5-3-4-20-16-24(31-17-22(20)21)33-12-14-37-15-13-33/h3-5,16-17,19H,2,6-15,18H2,1H3. The number of carbonyl (C=O) groups is 1. The fourth-order valence-electron chi connectivity index (χ4n) is 5.99. The lowest BCUT2D eigenvalue weighted by Gasteiger charge is -2.32. The zero-order valence-corrected chi connectivity index (χ0v) is 21.3. The summed E-state index contributed by atoms with van der Waals surface area (Å²) >= 11 is 0. The minimum absolute atomic E-state index is 0.00146. The number of halogens is 2. The number of hydrogen-bond donors (Lipinski definition) is 0. The fraction of sp³-hybridized carbons (Fsp3) is 0.536. The van der Waals surface area contributed by atoms with Crippen molar-refractivity contribution in [3.8, 4) is 11.3 Å². The second-order valence-electron chi connectivity index (χ2n) is 10.4. The average Bonchev–Trinajstić information content (AvgIpc) is 3.31. The highest BCUT2D eigenvalue weighted by Gasteiger charge is 2.38. The van der Waals surface area contributed by atoms with Crippen LogP contribution in [0, 0.1) is 0 Å². The number of carbonyl (C=O) groups excluding carboxylic acids is 1. The lowest BCUT2D eigenvalue weighted by atomic mass is 9.86. The molecular formula is C28H33F2N5O2. The Morgan fingerprint density at radius 1 is 1.14 bits per heavy atom. The van der Waals surface area contributed by atoms with Gasteiger partial charge in [-0.1, -0.05) is 25.1 Å². The number of imidazole rings is 1. The van der Waals surface area contributed by atoms with Crippen molar-refractivity contribution in [1.29, 1.82) is 0 Å². The largest absolute Gasteiger partial charge is 0.378 e. The lowest BCUT2D eigenvalue weighted by Crippen LogP contribution is -2.38. The van der Waals surface area contributed by atoms with E-state index in [1.807, 2.05) is 24.1 Å². The second-order valence-corrected chi connectivity index (χ2v) is 10.4. The van der Waals surface area contributed by atoms with Crippen molar-refractivity contribution in [3.05, 3.63) is 42.0 Å². The van der Waals surface area contributed by atoms with E-state index < -0.39 is 5.92 Å². The number of pyridine rings is 1. The molecule has 9 heteroatoms. The van der Waals surface area contributed by atoms with Gasteiger partial charge in [0.05, 0.1) is 31.1 Å². The number of alkyl halides is 2. The highest BCUT2D eigenvalue weighted by molar-refractivity contribution is 5.97. The van der Waals surface area contributed by atoms with Gasteiger partial charge in [-0.05, 0) is 24.3 Å². The van der Waals surface area contributed by atoms with Crippen molar-refractivity contribution in [2.45, 2.75) is 64.0 Å². The third-order valence-electron chi connectivity index (χ3n) is 8.11. The Bertz CT molecular complexity index is 1310. The predicted octanol–water partition coefficient (Wildman–Crippen LogP) is 4.98. The van der Waals surface area contributed by atoms with Crippen LogP contribution in [0.1, 0.15) is 56.5 Å². The molecule has 1 aromatic carbocycles. The monoisotopic (exact) mass is 509 g/mol. The summed E-state index contributed by atoms with van der Waals surface area (Å²) in [4.78, 5) is 26.6. The van der Waals surface area contributed by atoms with Crippen molar-refractivity contribution in [1.82, 2.24) is 19.4 Å². The van der Waals surface area contributed by atoms with E-state index >= 15 is 0 Å². The number of ether oxygens (including phenoxy) is 1. The van der Waals surface area contributed by atoms with E-state index in [0.717, 1.165) is 52.5 Å². The topological polar surface area (TPSA) is 63.5 Å². The Kier molecular flexibility index (Phi) is 6.34. The number of amides is 1. The molecule has 3 aromatic rings. The Hall–Kier alpha value is -3.07. The average molecular weight is 510 g/mol. The van der Waals surface area contributed by atoms with Crippen molar-refractivity contribution in [2.24, 2.45) is 0 Å². The molecule has 0 radical (unpaired) electrons. The number of aromatic nitrogens is 3. The van der Waals surface area contributed by atoms with E-state index in [2.05, 4.69) is 27.7 Å². The van der Waals surface area contributed by atoms with E-state index in [-0.39, 0.29) is 24.7 Å². The summed E-state index contributed by atoms with van der Waals surface area (Å²) in [6.45, 7) is 6.65. The molecule has 1 saturated heterocycles. The number of morpholine rings is 1. The molecule has 1 amide bonds. The number of nitrogens with zero attached hydrogens (tertiary/aromatic N) is 5. The highest BCUT2D eigenvalue weighted by atomic mass is 19.3. The van der Waals surface area contributed by atoms with E-state index in [0.29, 0.717) is 52.1 Å². The Morgan fingerprint density at radius 2 is 1.92 bits per heavy atom. The van der Waals surface area contributed by atoms with Gasteiger partial charge in [-0.3, -0.25) is 4.79 Å². The maximum absolute atomic E-state index is 13.9. The molecule has 3 aliphatic rings. The zero-order valence-electron chi connectivity index (χ0n) is 21.3. The number of hydrogen-bond acceptors (Lipinski definition) is 5. The zero-order chi connectivity index (χ0) is 25.6. The molecule has 0 unspecified atom stereocenters. The van der Waals surface area contributed by atoms with Crippen molar-refractivity contribution >= 4 is 22.5 Å². The van der Waals surface area contributed by atoms with Gasteiger partial charge in [0.2, 0.25) is 11.8 Å². The van der Waals surface area contributed by atoms with Crippen LogP contribution in [0.3, 0.4) is 0 Å². The smallest absolute Gasteiger partial charge is 0.248 e. The Morgan fingerprint density at radius 3 is 2.68 bits per heavy atom. The van der Waals surface area contributed by atoms with Crippen molar-refractivity contribution < 1.29 is 18.3 Å². The van der Waals surface area contributed by atoms with Gasteiger partial charge in [0.25, 0.3) is 0 Å². The molecule has 2 aromatic heterocycles. The fourth-order valence-corrected chi connectivity index (χ4v) is 5.99. The molecule has 37 heavy (non-hydrogen) atoms. The van der Waals surface area contributed by atoms with Crippen LogP contribution in [0.15, 0.2) is 30.5 Å². The first-order chi connectivity index (χ1) is 17.9. The summed E-state index contributed by atoms with van der Waals surface area (Å²) in [6, 6.07) is 8.29. The van der Waals surface area contributed by atoms with Crippen LogP contribution in [0.25, 0.3) is 22.0 Å². The van der Waals surface area contributed by atoms with Crippen LogP contribution in [0.5, 0.6) is 0 Å². The first-order valence-corrected chi connectivity index (χ1v) is 13.4. The second kappa shape index (κ2) is 9.67. The summed E-state index contributed by atoms with van der Waals surface area (Å²) in [5.74, 6) is -0.642. The minimum atomic E-state index is -2.58. The summed E-state index contributed by atoms with van der Waals surface area (Å²) in [5, 5.41) is 2.08. The molecule has 2 fully saturated rings. The minimum Gasteiger partial charge on any atom is -0.378 e. The molecule has 0 bridgehead atoms. The van der Waals surface area contributed by atoms with Crippen LogP contribution in [-0.2, 0) is 22.6 Å². The van der Waals surface area contributed by atoms with Crippen LogP contribution < -0.4 is 4.90 Å². The summed E-state index contributed by atoms with van der Waals surface area (Å²) in [6.07, 6.45) is 3.04. The molecule has 0 atom stereocenters. The molecule has 7 nitrogen and oxygen atoms in total. The van der Waals surface area contributed by atoms with Gasteiger partial charge in [-0.2, -0.15) is 0 Å². The van der Waals surface area contributed by atoms with Gasteiger partial charge >= 0.3 is 0 Å². The first kappa shape index (κ1) is 24.3. The molecule has 1 saturated carbocycles. The lowest BCUT2D eigenvalue weighted by molar-refractivity contribution is -0.132. The number of anilines is 1. The Labute approximate surface area is 215 Å². The van der Waals surface area contributed by atoms with E-state index in [1.54, 1.807) is 0 Å². The van der Waals surface area contributed by atoms with Gasteiger partial charge in [-0.15, -0.1) is 0 Å². The third-order valence-corrected chi connectivity index (χ3v) is 8.11. The number of rotatable bonds is 4. The van der Waals surface area contributed by atoms with Gasteiger partial charge in [-0.25, -0.2) is 18.7 Å². The third kappa shape index (κ3) is 4.58. The SMILES string of the molecule is CCC(=O)N1CCn2c(C3CCC(F)(F)CC3)nc(-c3cccc4cc(N5CCOCC5)ncc34)c2C1. The number of fused-ring (bicyclic) bond motifs is 2. The molecule has 196 valence electrons. The van der Waals surface area contributed by atoms with Crippen LogP contribution in [0.4, 0.5) is 14.6 Å². The van der Waals surface area contributed by atoms with Crippen LogP contribution in [-0.4, -0.2) is 64.1 Å². The highest BCUT2D eigenvalue weighted by Crippen LogP contribution is 2.43. The van der Waals surface area contributed by atoms with E-state index in [4.69, 9.17) is 14.7 Å². The maximum Gasteiger partial charge on any atom is 0.248 e. The Balaban J connectivity index is 1.42. The molecule has 0 N–H and O–H groups in total. The van der Waals surface area contributed by atoms with Gasteiger partial charge in [0.15, 0.2) is 0 Å². The van der Waals surface area contributed by atoms with E-state index in [9.17, 15) is 13.6 Å². The summed E-state index contributed by atoms with van der Waals surface area (Å²) in [7, 11) is 0. The maximum atomic E-state index is 13.9. The quantitative estimate of drug-likeness (QED) is 0.497. The van der Waals surface area contributed by atoms with Gasteiger partial charge in [0.1, 0.15) is 11.6 Å². The molecule has 6 rings (SSSR count). The molecule has 0 spiro atoms. The molecular weight excluding hydrogens is 476 g/mol. The van der Waals surface area contributed by atoms with Crippen molar-refractivity contribution in [3.63, 3.8) is 0 Å².